The number of benzene rings is 1. The van der Waals surface area contributed by atoms with Crippen LogP contribution < -0.4 is 0 Å². The molecule has 0 aromatic heterocycles. The fraction of sp³-hybridized carbons (Fsp3) is 0.375. The number of Topliss-reactive ketones (excluding diaryl/α,β-unsaturated/α-hetero) is 1. The Kier molecular flexibility index (Phi) is 2.66. The third kappa shape index (κ3) is 1.56. The van der Waals surface area contributed by atoms with Crippen molar-refractivity contribution in [1.29, 1.82) is 0 Å². The van der Waals surface area contributed by atoms with Crippen molar-refractivity contribution in [3.8, 4) is 0 Å². The summed E-state index contributed by atoms with van der Waals surface area (Å²) in [6.45, 7) is 4.12. The quantitative estimate of drug-likeness (QED) is 0.776. The normalized spacial score (nSPS) is 21.8. The van der Waals surface area contributed by atoms with Crippen LogP contribution in [-0.4, -0.2) is 17.5 Å². The van der Waals surface area contributed by atoms with Gasteiger partial charge in [0.1, 0.15) is 0 Å². The van der Waals surface area contributed by atoms with Gasteiger partial charge in [-0.15, -0.1) is 0 Å². The molecular formula is C16H17NO. The lowest BCUT2D eigenvalue weighted by Crippen LogP contribution is -2.19. The van der Waals surface area contributed by atoms with Crippen LogP contribution in [0.2, 0.25) is 0 Å². The van der Waals surface area contributed by atoms with Crippen LogP contribution in [-0.2, 0) is 0 Å². The Bertz CT molecular complexity index is 581. The fourth-order valence-corrected chi connectivity index (χ4v) is 2.93. The second-order valence-corrected chi connectivity index (χ2v) is 5.10. The molecule has 18 heavy (non-hydrogen) atoms. The summed E-state index contributed by atoms with van der Waals surface area (Å²) in [7, 11) is 0. The number of carbonyl (C=O) groups is 1. The van der Waals surface area contributed by atoms with Gasteiger partial charge in [-0.3, -0.25) is 9.79 Å². The minimum atomic E-state index is 0.177. The van der Waals surface area contributed by atoms with Crippen LogP contribution >= 0.6 is 0 Å². The van der Waals surface area contributed by atoms with Crippen molar-refractivity contribution in [3.63, 3.8) is 0 Å². The zero-order valence-electron chi connectivity index (χ0n) is 10.9. The third-order valence-corrected chi connectivity index (χ3v) is 3.88. The van der Waals surface area contributed by atoms with E-state index in [9.17, 15) is 4.79 Å². The van der Waals surface area contributed by atoms with E-state index in [2.05, 4.69) is 6.92 Å². The zero-order valence-corrected chi connectivity index (χ0v) is 10.9. The number of carbonyl (C=O) groups excluding carboxylic acids is 1. The van der Waals surface area contributed by atoms with E-state index in [1.54, 1.807) is 0 Å². The first kappa shape index (κ1) is 11.4. The van der Waals surface area contributed by atoms with Crippen LogP contribution in [0.5, 0.6) is 0 Å². The lowest BCUT2D eigenvalue weighted by Gasteiger charge is -2.18. The first-order valence-corrected chi connectivity index (χ1v) is 6.64. The zero-order chi connectivity index (χ0) is 12.7. The van der Waals surface area contributed by atoms with Crippen molar-refractivity contribution in [2.24, 2.45) is 4.99 Å². The van der Waals surface area contributed by atoms with E-state index in [1.165, 1.54) is 5.57 Å². The second kappa shape index (κ2) is 4.20. The molecule has 0 spiro atoms. The number of nitrogens with zero attached hydrogens (tertiary/aromatic N) is 1. The van der Waals surface area contributed by atoms with Gasteiger partial charge in [-0.25, -0.2) is 0 Å². The Balaban J connectivity index is 2.14. The smallest absolute Gasteiger partial charge is 0.189 e. The fourth-order valence-electron chi connectivity index (χ4n) is 2.93. The molecule has 2 heteroatoms. The van der Waals surface area contributed by atoms with E-state index >= 15 is 0 Å². The third-order valence-electron chi connectivity index (χ3n) is 3.88. The molecule has 1 unspecified atom stereocenters. The average Bonchev–Trinajstić information content (AvgIpc) is 2.81. The molecule has 0 bridgehead atoms. The van der Waals surface area contributed by atoms with Gasteiger partial charge in [0.2, 0.25) is 0 Å². The first-order chi connectivity index (χ1) is 8.72. The van der Waals surface area contributed by atoms with Crippen molar-refractivity contribution in [2.75, 3.05) is 0 Å². The van der Waals surface area contributed by atoms with Gasteiger partial charge in [0, 0.05) is 16.7 Å². The molecule has 1 heterocycles. The number of allylic oxidation sites excluding steroid dienone is 1. The summed E-state index contributed by atoms with van der Waals surface area (Å²) in [6, 6.07) is 8.21. The van der Waals surface area contributed by atoms with Gasteiger partial charge in [-0.05, 0) is 25.3 Å². The lowest BCUT2D eigenvalue weighted by atomic mass is 9.83. The standard InChI is InChI=1S/C16H17NO/c1-3-6-11-9-14-10(2)16(18)13-8-5-4-7-12(13)15(14)17-11/h4-5,7-8,11H,3,6,9H2,1-2H3. The average molecular weight is 239 g/mol. The van der Waals surface area contributed by atoms with Crippen molar-refractivity contribution >= 4 is 11.5 Å². The molecule has 0 amide bonds. The van der Waals surface area contributed by atoms with Crippen LogP contribution in [0.25, 0.3) is 0 Å². The summed E-state index contributed by atoms with van der Waals surface area (Å²) in [5.74, 6) is 0.177. The van der Waals surface area contributed by atoms with E-state index in [4.69, 9.17) is 4.99 Å². The highest BCUT2D eigenvalue weighted by atomic mass is 16.1. The SMILES string of the molecule is CCCC1CC2=C(C)C(=O)c3ccccc3C2=N1. The number of aliphatic imine (C=N–C) groups is 1. The van der Waals surface area contributed by atoms with Gasteiger partial charge in [0.25, 0.3) is 0 Å². The summed E-state index contributed by atoms with van der Waals surface area (Å²) in [4.78, 5) is 17.1. The van der Waals surface area contributed by atoms with Gasteiger partial charge >= 0.3 is 0 Å². The van der Waals surface area contributed by atoms with Crippen LogP contribution in [0.15, 0.2) is 40.4 Å². The number of fused-ring (bicyclic) bond motifs is 3. The van der Waals surface area contributed by atoms with Crippen molar-refractivity contribution in [1.82, 2.24) is 0 Å². The Morgan fingerprint density at radius 3 is 2.72 bits per heavy atom. The predicted molar refractivity (Wildman–Crippen MR) is 73.3 cm³/mol. The second-order valence-electron chi connectivity index (χ2n) is 5.10. The number of ketones is 1. The number of hydrogen-bond acceptors (Lipinski definition) is 2. The molecule has 0 saturated carbocycles. The number of hydrogen-bond donors (Lipinski definition) is 0. The van der Waals surface area contributed by atoms with Crippen LogP contribution in [0, 0.1) is 0 Å². The highest BCUT2D eigenvalue weighted by Gasteiger charge is 2.33. The molecule has 2 aliphatic rings. The van der Waals surface area contributed by atoms with E-state index < -0.39 is 0 Å². The first-order valence-electron chi connectivity index (χ1n) is 6.64. The monoisotopic (exact) mass is 239 g/mol. The molecule has 0 fully saturated rings. The van der Waals surface area contributed by atoms with E-state index in [-0.39, 0.29) is 5.78 Å². The minimum Gasteiger partial charge on any atom is -0.289 e. The molecule has 1 aliphatic heterocycles. The maximum Gasteiger partial charge on any atom is 0.189 e. The molecule has 1 aliphatic carbocycles. The maximum atomic E-state index is 12.3. The summed E-state index contributed by atoms with van der Waals surface area (Å²) < 4.78 is 0. The van der Waals surface area contributed by atoms with E-state index in [0.717, 1.165) is 41.7 Å². The lowest BCUT2D eigenvalue weighted by molar-refractivity contribution is 0.103. The minimum absolute atomic E-state index is 0.177. The topological polar surface area (TPSA) is 29.4 Å². The van der Waals surface area contributed by atoms with Gasteiger partial charge in [-0.2, -0.15) is 0 Å². The molecular weight excluding hydrogens is 222 g/mol. The summed E-state index contributed by atoms with van der Waals surface area (Å²) in [5, 5.41) is 0. The van der Waals surface area contributed by atoms with Gasteiger partial charge in [-0.1, -0.05) is 37.6 Å². The molecule has 2 nitrogen and oxygen atoms in total. The van der Waals surface area contributed by atoms with Gasteiger partial charge < -0.3 is 0 Å². The molecule has 0 radical (unpaired) electrons. The van der Waals surface area contributed by atoms with Crippen molar-refractivity contribution in [3.05, 3.63) is 46.5 Å². The summed E-state index contributed by atoms with van der Waals surface area (Å²) >= 11 is 0. The highest BCUT2D eigenvalue weighted by molar-refractivity contribution is 6.29. The Morgan fingerprint density at radius 2 is 2.00 bits per heavy atom. The molecule has 1 atom stereocenters. The van der Waals surface area contributed by atoms with Crippen molar-refractivity contribution in [2.45, 2.75) is 39.2 Å². The largest absolute Gasteiger partial charge is 0.289 e. The molecule has 0 saturated heterocycles. The molecule has 92 valence electrons. The molecule has 1 aromatic rings. The van der Waals surface area contributed by atoms with E-state index in [0.29, 0.717) is 6.04 Å². The number of rotatable bonds is 2. The van der Waals surface area contributed by atoms with E-state index in [1.807, 2.05) is 31.2 Å². The molecule has 0 N–H and O–H groups in total. The highest BCUT2D eigenvalue weighted by Crippen LogP contribution is 2.35. The maximum absolute atomic E-state index is 12.3. The van der Waals surface area contributed by atoms with Crippen molar-refractivity contribution < 1.29 is 4.79 Å². The molecule has 1 aromatic carbocycles. The molecule has 3 rings (SSSR count). The Morgan fingerprint density at radius 1 is 1.28 bits per heavy atom. The van der Waals surface area contributed by atoms with Crippen LogP contribution in [0.1, 0.15) is 49.0 Å². The summed E-state index contributed by atoms with van der Waals surface area (Å²) in [6.07, 6.45) is 3.19. The Hall–Kier alpha value is -1.70. The van der Waals surface area contributed by atoms with Crippen LogP contribution in [0.4, 0.5) is 0 Å². The van der Waals surface area contributed by atoms with Gasteiger partial charge in [0.15, 0.2) is 5.78 Å². The summed E-state index contributed by atoms with van der Waals surface area (Å²) in [5.41, 5.74) is 4.99. The predicted octanol–water partition coefficient (Wildman–Crippen LogP) is 3.56. The Labute approximate surface area is 107 Å². The van der Waals surface area contributed by atoms with Gasteiger partial charge in [0.05, 0.1) is 11.8 Å². The van der Waals surface area contributed by atoms with Crippen LogP contribution in [0.3, 0.4) is 0 Å².